The fraction of sp³-hybridized carbons (Fsp3) is 0.429. The van der Waals surface area contributed by atoms with Gasteiger partial charge in [0.15, 0.2) is 0 Å². The van der Waals surface area contributed by atoms with E-state index < -0.39 is 23.5 Å². The van der Waals surface area contributed by atoms with Gasteiger partial charge in [-0.2, -0.15) is 0 Å². The highest BCUT2D eigenvalue weighted by Crippen LogP contribution is 2.40. The van der Waals surface area contributed by atoms with E-state index in [4.69, 9.17) is 0 Å². The van der Waals surface area contributed by atoms with E-state index in [-0.39, 0.29) is 18.4 Å². The topological polar surface area (TPSA) is 90.0 Å². The number of nitrogens with one attached hydrogen (secondary N) is 1. The largest absolute Gasteiger partial charge is 0.327 e. The molecule has 2 fully saturated rings. The summed E-state index contributed by atoms with van der Waals surface area (Å²) in [6.45, 7) is 1.59. The lowest BCUT2D eigenvalue weighted by atomic mass is 9.81. The highest BCUT2D eigenvalue weighted by Gasteiger charge is 2.56. The Morgan fingerprint density at radius 2 is 1.69 bits per heavy atom. The van der Waals surface area contributed by atoms with Crippen molar-refractivity contribution in [2.45, 2.75) is 63.5 Å². The number of carbonyl (C=O) groups is 4. The van der Waals surface area contributed by atoms with Crippen molar-refractivity contribution in [2.75, 3.05) is 23.8 Å². The average molecular weight is 489 g/mol. The molecule has 188 valence electrons. The lowest BCUT2D eigenvalue weighted by molar-refractivity contribution is -0.137. The van der Waals surface area contributed by atoms with Gasteiger partial charge in [0.05, 0.1) is 0 Å². The quantitative estimate of drug-likeness (QED) is 0.662. The van der Waals surface area contributed by atoms with E-state index in [1.54, 1.807) is 7.05 Å². The molecule has 0 aromatic heterocycles. The first-order valence-electron chi connectivity index (χ1n) is 12.7. The highest BCUT2D eigenvalue weighted by molar-refractivity contribution is 6.12. The Balaban J connectivity index is 1.41. The number of likely N-dealkylation sites (N-methyl/N-ethyl adjacent to an activating group) is 1. The molecule has 3 aliphatic rings. The average Bonchev–Trinajstić information content (AvgIpc) is 3.06. The van der Waals surface area contributed by atoms with Gasteiger partial charge in [0.25, 0.3) is 5.91 Å². The summed E-state index contributed by atoms with van der Waals surface area (Å²) >= 11 is 0. The van der Waals surface area contributed by atoms with E-state index in [0.717, 1.165) is 35.3 Å². The summed E-state index contributed by atoms with van der Waals surface area (Å²) in [5.41, 5.74) is 2.50. The molecule has 1 aliphatic carbocycles. The number of hydrogen-bond acceptors (Lipinski definition) is 4. The molecule has 36 heavy (non-hydrogen) atoms. The van der Waals surface area contributed by atoms with Gasteiger partial charge in [-0.15, -0.1) is 0 Å². The summed E-state index contributed by atoms with van der Waals surface area (Å²) in [5.74, 6) is -1.02. The fourth-order valence-corrected chi connectivity index (χ4v) is 5.85. The first-order valence-corrected chi connectivity index (χ1v) is 12.7. The second kappa shape index (κ2) is 9.41. The normalized spacial score (nSPS) is 21.1. The Labute approximate surface area is 211 Å². The van der Waals surface area contributed by atoms with E-state index in [0.29, 0.717) is 37.1 Å². The van der Waals surface area contributed by atoms with Crippen molar-refractivity contribution in [1.29, 1.82) is 0 Å². The van der Waals surface area contributed by atoms with Crippen LogP contribution in [-0.2, 0) is 20.8 Å². The van der Waals surface area contributed by atoms with E-state index in [1.165, 1.54) is 9.80 Å². The second-order valence-electron chi connectivity index (χ2n) is 10.1. The van der Waals surface area contributed by atoms with Crippen molar-refractivity contribution >= 4 is 35.1 Å². The van der Waals surface area contributed by atoms with Crippen LogP contribution in [0.2, 0.25) is 0 Å². The number of nitrogens with zero attached hydrogens (tertiary/aromatic N) is 3. The third-order valence-electron chi connectivity index (χ3n) is 7.92. The fourth-order valence-electron chi connectivity index (χ4n) is 5.85. The summed E-state index contributed by atoms with van der Waals surface area (Å²) < 4.78 is 0. The highest BCUT2D eigenvalue weighted by atomic mass is 16.2. The number of fused-ring (bicyclic) bond motifs is 1. The lowest BCUT2D eigenvalue weighted by Crippen LogP contribution is -2.54. The van der Waals surface area contributed by atoms with Gasteiger partial charge in [-0.25, -0.2) is 4.79 Å². The monoisotopic (exact) mass is 488 g/mol. The van der Waals surface area contributed by atoms with Gasteiger partial charge in [-0.3, -0.25) is 24.2 Å². The van der Waals surface area contributed by atoms with Gasteiger partial charge >= 0.3 is 6.03 Å². The van der Waals surface area contributed by atoms with Crippen molar-refractivity contribution in [3.63, 3.8) is 0 Å². The number of urea groups is 1. The van der Waals surface area contributed by atoms with Crippen LogP contribution in [0.1, 0.15) is 49.7 Å². The number of aryl methyl sites for hydroxylation is 2. The summed E-state index contributed by atoms with van der Waals surface area (Å²) in [6, 6.07) is 13.8. The van der Waals surface area contributed by atoms with Crippen molar-refractivity contribution in [2.24, 2.45) is 0 Å². The molecule has 5 amide bonds. The Kier molecular flexibility index (Phi) is 6.28. The molecule has 2 heterocycles. The second-order valence-corrected chi connectivity index (χ2v) is 10.1. The molecule has 8 nitrogen and oxygen atoms in total. The number of benzene rings is 2. The molecule has 1 saturated heterocycles. The van der Waals surface area contributed by atoms with Crippen LogP contribution in [0.5, 0.6) is 0 Å². The zero-order valence-corrected chi connectivity index (χ0v) is 20.8. The number of anilines is 2. The molecule has 2 aromatic carbocycles. The minimum absolute atomic E-state index is 0.290. The number of amides is 5. The Morgan fingerprint density at radius 3 is 2.42 bits per heavy atom. The predicted molar refractivity (Wildman–Crippen MR) is 137 cm³/mol. The van der Waals surface area contributed by atoms with Gasteiger partial charge in [0, 0.05) is 18.4 Å². The molecule has 2 aliphatic heterocycles. The zero-order valence-electron chi connectivity index (χ0n) is 20.8. The van der Waals surface area contributed by atoms with Crippen LogP contribution in [0, 0.1) is 6.92 Å². The van der Waals surface area contributed by atoms with Crippen LogP contribution in [0.3, 0.4) is 0 Å². The SMILES string of the molecule is Cc1ccc(NC(=O)C2CCc3ccccc3N2C(=O)CN2C(=O)N(C)C3(CCCCC3)C2=O)cc1. The number of rotatable bonds is 4. The molecule has 8 heteroatoms. The number of para-hydroxylation sites is 1. The maximum atomic E-state index is 13.8. The van der Waals surface area contributed by atoms with E-state index in [1.807, 2.05) is 55.5 Å². The van der Waals surface area contributed by atoms with Crippen LogP contribution in [0.25, 0.3) is 0 Å². The molecule has 0 bridgehead atoms. The van der Waals surface area contributed by atoms with Crippen LogP contribution in [0.15, 0.2) is 48.5 Å². The zero-order chi connectivity index (χ0) is 25.4. The summed E-state index contributed by atoms with van der Waals surface area (Å²) in [7, 11) is 1.66. The molecule has 1 spiro atoms. The molecule has 1 N–H and O–H groups in total. The molecule has 1 atom stereocenters. The van der Waals surface area contributed by atoms with Gasteiger partial charge < -0.3 is 10.2 Å². The van der Waals surface area contributed by atoms with E-state index in [9.17, 15) is 19.2 Å². The Hall–Kier alpha value is -3.68. The first kappa shape index (κ1) is 24.0. The third-order valence-corrected chi connectivity index (χ3v) is 7.92. The predicted octanol–water partition coefficient (Wildman–Crippen LogP) is 3.88. The van der Waals surface area contributed by atoms with Crippen LogP contribution < -0.4 is 10.2 Å². The van der Waals surface area contributed by atoms with E-state index >= 15 is 0 Å². The lowest BCUT2D eigenvalue weighted by Gasteiger charge is -2.37. The molecule has 5 rings (SSSR count). The van der Waals surface area contributed by atoms with Crippen LogP contribution in [0.4, 0.5) is 16.2 Å². The van der Waals surface area contributed by atoms with Crippen molar-refractivity contribution in [3.8, 4) is 0 Å². The van der Waals surface area contributed by atoms with Gasteiger partial charge in [-0.1, -0.05) is 55.2 Å². The maximum absolute atomic E-state index is 13.8. The maximum Gasteiger partial charge on any atom is 0.327 e. The molecule has 0 radical (unpaired) electrons. The smallest absolute Gasteiger partial charge is 0.324 e. The number of hydrogen-bond donors (Lipinski definition) is 1. The van der Waals surface area contributed by atoms with Gasteiger partial charge in [-0.05, 0) is 56.4 Å². The standard InChI is InChI=1S/C28H32N4O4/c1-19-10-13-21(14-11-19)29-25(34)23-15-12-20-8-4-5-9-22(20)32(23)24(33)18-31-26(35)28(30(2)27(31)36)16-6-3-7-17-28/h4-5,8-11,13-14,23H,3,6-7,12,15-18H2,1-2H3,(H,29,34). The Bertz CT molecular complexity index is 1200. The van der Waals surface area contributed by atoms with Crippen LogP contribution >= 0.6 is 0 Å². The van der Waals surface area contributed by atoms with E-state index in [2.05, 4.69) is 5.32 Å². The molecule has 2 aromatic rings. The first-order chi connectivity index (χ1) is 17.3. The molecule has 1 unspecified atom stereocenters. The summed E-state index contributed by atoms with van der Waals surface area (Å²) in [5, 5.41) is 2.93. The third kappa shape index (κ3) is 4.04. The van der Waals surface area contributed by atoms with Crippen molar-refractivity contribution < 1.29 is 19.2 Å². The van der Waals surface area contributed by atoms with Gasteiger partial charge in [0.1, 0.15) is 18.1 Å². The summed E-state index contributed by atoms with van der Waals surface area (Å²) in [6.07, 6.45) is 5.14. The molecular formula is C28H32N4O4. The van der Waals surface area contributed by atoms with Crippen molar-refractivity contribution in [1.82, 2.24) is 9.80 Å². The van der Waals surface area contributed by atoms with Crippen molar-refractivity contribution in [3.05, 3.63) is 59.7 Å². The minimum Gasteiger partial charge on any atom is -0.324 e. The van der Waals surface area contributed by atoms with Crippen LogP contribution in [-0.4, -0.2) is 58.7 Å². The molecule has 1 saturated carbocycles. The molecular weight excluding hydrogens is 456 g/mol. The summed E-state index contributed by atoms with van der Waals surface area (Å²) in [4.78, 5) is 57.8. The van der Waals surface area contributed by atoms with Gasteiger partial charge in [0.2, 0.25) is 11.8 Å². The number of imide groups is 1. The Morgan fingerprint density at radius 1 is 1.00 bits per heavy atom. The minimum atomic E-state index is -0.850. The number of carbonyl (C=O) groups excluding carboxylic acids is 4.